The van der Waals surface area contributed by atoms with Gasteiger partial charge in [-0.2, -0.15) is 0 Å². The fourth-order valence-corrected chi connectivity index (χ4v) is 2.24. The molecule has 0 bridgehead atoms. The molecule has 0 saturated heterocycles. The van der Waals surface area contributed by atoms with E-state index in [1.807, 2.05) is 26.0 Å². The summed E-state index contributed by atoms with van der Waals surface area (Å²) in [4.78, 5) is 23.7. The smallest absolute Gasteiger partial charge is 0.338 e. The molecule has 0 aliphatic rings. The van der Waals surface area contributed by atoms with Gasteiger partial charge in [0, 0.05) is 5.56 Å². The molecule has 0 aromatic heterocycles. The van der Waals surface area contributed by atoms with Crippen LogP contribution in [-0.4, -0.2) is 17.0 Å². The zero-order valence-corrected chi connectivity index (χ0v) is 12.2. The standard InChI is InChI=1S/C17H17NO3/c1-10-6-4-8-13(12(10)3)16(19)18-14-9-5-7-11(2)15(14)17(20)21/h4-9H,1-3H3,(H,18,19)(H,20,21). The number of nitrogens with one attached hydrogen (secondary N) is 1. The van der Waals surface area contributed by atoms with Crippen LogP contribution in [0.2, 0.25) is 0 Å². The molecule has 0 unspecified atom stereocenters. The molecule has 4 heteroatoms. The van der Waals surface area contributed by atoms with Crippen molar-refractivity contribution in [3.8, 4) is 0 Å². The Morgan fingerprint density at radius 1 is 0.952 bits per heavy atom. The van der Waals surface area contributed by atoms with Crippen LogP contribution in [0.1, 0.15) is 37.4 Å². The first-order valence-electron chi connectivity index (χ1n) is 6.62. The Hall–Kier alpha value is -2.62. The number of carbonyl (C=O) groups excluding carboxylic acids is 1. The van der Waals surface area contributed by atoms with Crippen LogP contribution in [0.15, 0.2) is 36.4 Å². The summed E-state index contributed by atoms with van der Waals surface area (Å²) in [7, 11) is 0. The van der Waals surface area contributed by atoms with Gasteiger partial charge in [0.15, 0.2) is 0 Å². The average molecular weight is 283 g/mol. The van der Waals surface area contributed by atoms with E-state index < -0.39 is 5.97 Å². The zero-order valence-electron chi connectivity index (χ0n) is 12.2. The minimum Gasteiger partial charge on any atom is -0.478 e. The number of amides is 1. The van der Waals surface area contributed by atoms with E-state index in [9.17, 15) is 14.7 Å². The highest BCUT2D eigenvalue weighted by Crippen LogP contribution is 2.21. The monoisotopic (exact) mass is 283 g/mol. The highest BCUT2D eigenvalue weighted by Gasteiger charge is 2.16. The number of benzene rings is 2. The summed E-state index contributed by atoms with van der Waals surface area (Å²) < 4.78 is 0. The van der Waals surface area contributed by atoms with Crippen molar-refractivity contribution in [1.29, 1.82) is 0 Å². The van der Waals surface area contributed by atoms with Crippen molar-refractivity contribution in [2.75, 3.05) is 5.32 Å². The van der Waals surface area contributed by atoms with Crippen LogP contribution in [0.5, 0.6) is 0 Å². The molecule has 0 heterocycles. The van der Waals surface area contributed by atoms with E-state index in [-0.39, 0.29) is 11.5 Å². The minimum atomic E-state index is -1.05. The molecule has 2 N–H and O–H groups in total. The van der Waals surface area contributed by atoms with Gasteiger partial charge < -0.3 is 10.4 Å². The van der Waals surface area contributed by atoms with E-state index >= 15 is 0 Å². The number of rotatable bonds is 3. The SMILES string of the molecule is Cc1cccc(C(=O)Nc2cccc(C)c2C(=O)O)c1C. The van der Waals surface area contributed by atoms with E-state index in [1.165, 1.54) is 0 Å². The first-order chi connectivity index (χ1) is 9.91. The first-order valence-corrected chi connectivity index (χ1v) is 6.62. The average Bonchev–Trinajstić information content (AvgIpc) is 2.41. The molecule has 0 aliphatic carbocycles. The van der Waals surface area contributed by atoms with Crippen molar-refractivity contribution in [2.24, 2.45) is 0 Å². The molecule has 21 heavy (non-hydrogen) atoms. The number of aryl methyl sites for hydroxylation is 2. The zero-order chi connectivity index (χ0) is 15.6. The van der Waals surface area contributed by atoms with Gasteiger partial charge in [-0.25, -0.2) is 4.79 Å². The molecule has 2 rings (SSSR count). The van der Waals surface area contributed by atoms with Crippen LogP contribution in [0.3, 0.4) is 0 Å². The summed E-state index contributed by atoms with van der Waals surface area (Å²) in [5.74, 6) is -1.35. The molecule has 2 aromatic carbocycles. The van der Waals surface area contributed by atoms with E-state index in [0.29, 0.717) is 16.8 Å². The molecule has 4 nitrogen and oxygen atoms in total. The van der Waals surface area contributed by atoms with Crippen molar-refractivity contribution >= 4 is 17.6 Å². The van der Waals surface area contributed by atoms with Crippen LogP contribution in [-0.2, 0) is 0 Å². The quantitative estimate of drug-likeness (QED) is 0.905. The number of hydrogen-bond acceptors (Lipinski definition) is 2. The lowest BCUT2D eigenvalue weighted by Gasteiger charge is -2.12. The van der Waals surface area contributed by atoms with Crippen molar-refractivity contribution in [2.45, 2.75) is 20.8 Å². The molecule has 0 aliphatic heterocycles. The second kappa shape index (κ2) is 5.79. The van der Waals surface area contributed by atoms with Crippen molar-refractivity contribution in [3.63, 3.8) is 0 Å². The molecule has 0 fully saturated rings. The molecule has 0 atom stereocenters. The predicted molar refractivity (Wildman–Crippen MR) is 82.0 cm³/mol. The van der Waals surface area contributed by atoms with Gasteiger partial charge in [0.1, 0.15) is 0 Å². The minimum absolute atomic E-state index is 0.121. The number of carboxylic acids is 1. The second-order valence-corrected chi connectivity index (χ2v) is 5.00. The van der Waals surface area contributed by atoms with Gasteiger partial charge in [-0.1, -0.05) is 24.3 Å². The highest BCUT2D eigenvalue weighted by molar-refractivity contribution is 6.08. The van der Waals surface area contributed by atoms with Gasteiger partial charge in [-0.05, 0) is 49.6 Å². The summed E-state index contributed by atoms with van der Waals surface area (Å²) in [5, 5.41) is 12.0. The number of carboxylic acid groups (broad SMARTS) is 1. The number of carbonyl (C=O) groups is 2. The topological polar surface area (TPSA) is 66.4 Å². The molecule has 0 radical (unpaired) electrons. The van der Waals surface area contributed by atoms with Gasteiger partial charge in [0.25, 0.3) is 5.91 Å². The maximum atomic E-state index is 12.4. The fraction of sp³-hybridized carbons (Fsp3) is 0.176. The third-order valence-electron chi connectivity index (χ3n) is 3.58. The summed E-state index contributed by atoms with van der Waals surface area (Å²) in [6.07, 6.45) is 0. The van der Waals surface area contributed by atoms with Crippen LogP contribution < -0.4 is 5.32 Å². The molecular weight excluding hydrogens is 266 g/mol. The maximum absolute atomic E-state index is 12.4. The van der Waals surface area contributed by atoms with Crippen LogP contribution in [0.25, 0.3) is 0 Å². The Kier molecular flexibility index (Phi) is 4.08. The van der Waals surface area contributed by atoms with Gasteiger partial charge in [-0.3, -0.25) is 4.79 Å². The normalized spacial score (nSPS) is 10.2. The van der Waals surface area contributed by atoms with Crippen LogP contribution in [0, 0.1) is 20.8 Å². The van der Waals surface area contributed by atoms with E-state index in [0.717, 1.165) is 11.1 Å². The summed E-state index contributed by atoms with van der Waals surface area (Å²) in [6, 6.07) is 10.5. The molecule has 0 saturated carbocycles. The van der Waals surface area contributed by atoms with Gasteiger partial charge in [-0.15, -0.1) is 0 Å². The maximum Gasteiger partial charge on any atom is 0.338 e. The highest BCUT2D eigenvalue weighted by atomic mass is 16.4. The van der Waals surface area contributed by atoms with E-state index in [2.05, 4.69) is 5.32 Å². The Morgan fingerprint density at radius 3 is 2.24 bits per heavy atom. The molecule has 1 amide bonds. The number of aromatic carboxylic acids is 1. The van der Waals surface area contributed by atoms with Gasteiger partial charge >= 0.3 is 5.97 Å². The van der Waals surface area contributed by atoms with Crippen molar-refractivity contribution in [1.82, 2.24) is 0 Å². The lowest BCUT2D eigenvalue weighted by Crippen LogP contribution is -2.17. The Labute approximate surface area is 123 Å². The Morgan fingerprint density at radius 2 is 1.57 bits per heavy atom. The lowest BCUT2D eigenvalue weighted by molar-refractivity contribution is 0.0697. The van der Waals surface area contributed by atoms with E-state index in [1.54, 1.807) is 31.2 Å². The van der Waals surface area contributed by atoms with Crippen molar-refractivity contribution < 1.29 is 14.7 Å². The first kappa shape index (κ1) is 14.8. The fourth-order valence-electron chi connectivity index (χ4n) is 2.24. The number of hydrogen-bond donors (Lipinski definition) is 2. The van der Waals surface area contributed by atoms with Gasteiger partial charge in [0.2, 0.25) is 0 Å². The summed E-state index contributed by atoms with van der Waals surface area (Å²) in [5.41, 5.74) is 3.50. The van der Waals surface area contributed by atoms with Crippen LogP contribution in [0.4, 0.5) is 5.69 Å². The third kappa shape index (κ3) is 2.94. The summed E-state index contributed by atoms with van der Waals surface area (Å²) in [6.45, 7) is 5.51. The molecule has 0 spiro atoms. The van der Waals surface area contributed by atoms with Gasteiger partial charge in [0.05, 0.1) is 11.3 Å². The largest absolute Gasteiger partial charge is 0.478 e. The Balaban J connectivity index is 2.39. The summed E-state index contributed by atoms with van der Waals surface area (Å²) >= 11 is 0. The molecule has 2 aromatic rings. The lowest BCUT2D eigenvalue weighted by atomic mass is 10.0. The predicted octanol–water partition coefficient (Wildman–Crippen LogP) is 3.56. The molecular formula is C17H17NO3. The van der Waals surface area contributed by atoms with E-state index in [4.69, 9.17) is 0 Å². The molecule has 108 valence electrons. The van der Waals surface area contributed by atoms with Crippen molar-refractivity contribution in [3.05, 3.63) is 64.2 Å². The van der Waals surface area contributed by atoms with Crippen LogP contribution >= 0.6 is 0 Å². The third-order valence-corrected chi connectivity index (χ3v) is 3.58. The Bertz CT molecular complexity index is 720. The second-order valence-electron chi connectivity index (χ2n) is 5.00. The number of anilines is 1.